The second-order valence-corrected chi connectivity index (χ2v) is 7.68. The van der Waals surface area contributed by atoms with E-state index in [0.717, 1.165) is 61.3 Å². The third-order valence-electron chi connectivity index (χ3n) is 5.70. The van der Waals surface area contributed by atoms with Crippen LogP contribution in [0.4, 0.5) is 11.5 Å². The number of amides is 1. The molecule has 1 fully saturated rings. The monoisotopic (exact) mass is 392 g/mol. The number of nitrogens with zero attached hydrogens (tertiary/aromatic N) is 3. The van der Waals surface area contributed by atoms with Crippen molar-refractivity contribution in [2.75, 3.05) is 29.9 Å². The van der Waals surface area contributed by atoms with E-state index < -0.39 is 0 Å². The molecule has 29 heavy (non-hydrogen) atoms. The Balaban J connectivity index is 1.60. The first kappa shape index (κ1) is 19.5. The van der Waals surface area contributed by atoms with Crippen LogP contribution in [0.25, 0.3) is 10.9 Å². The molecule has 1 saturated heterocycles. The first-order valence-electron chi connectivity index (χ1n) is 10.4. The van der Waals surface area contributed by atoms with Crippen LogP contribution >= 0.6 is 0 Å². The Morgan fingerprint density at radius 1 is 1.21 bits per heavy atom. The predicted octanol–water partition coefficient (Wildman–Crippen LogP) is 3.91. The summed E-state index contributed by atoms with van der Waals surface area (Å²) in [4.78, 5) is 19.9. The Kier molecular flexibility index (Phi) is 5.81. The summed E-state index contributed by atoms with van der Waals surface area (Å²) in [5, 5.41) is 13.6. The average molecular weight is 393 g/mol. The molecule has 0 unspecified atom stereocenters. The number of benzene rings is 1. The smallest absolute Gasteiger partial charge is 0.272 e. The summed E-state index contributed by atoms with van der Waals surface area (Å²) < 4.78 is 2.09. The predicted molar refractivity (Wildman–Crippen MR) is 116 cm³/mol. The lowest BCUT2D eigenvalue weighted by Crippen LogP contribution is -2.36. The standard InChI is InChI=1S/C23H28N4O2/c1-2-12-27-20-8-4-3-6-18(20)15-21(27)23(29)25-19-7-5-11-24-22(19)26-13-9-17(16-28)10-14-26/h3-8,11,15,17,28H,2,9-10,12-14,16H2,1H3,(H,25,29). The fraction of sp³-hybridized carbons (Fsp3) is 0.391. The van der Waals surface area contributed by atoms with E-state index in [0.29, 0.717) is 11.6 Å². The van der Waals surface area contributed by atoms with Crippen molar-refractivity contribution in [2.24, 2.45) is 5.92 Å². The molecule has 1 aliphatic rings. The Labute approximate surface area is 171 Å². The maximum atomic E-state index is 13.2. The van der Waals surface area contributed by atoms with E-state index in [4.69, 9.17) is 0 Å². The van der Waals surface area contributed by atoms with Gasteiger partial charge in [-0.3, -0.25) is 4.79 Å². The summed E-state index contributed by atoms with van der Waals surface area (Å²) in [6.07, 6.45) is 4.59. The Bertz CT molecular complexity index is 989. The molecule has 3 aromatic rings. The number of carbonyl (C=O) groups excluding carboxylic acids is 1. The minimum absolute atomic E-state index is 0.117. The Morgan fingerprint density at radius 3 is 2.76 bits per heavy atom. The molecule has 2 aromatic heterocycles. The molecular formula is C23H28N4O2. The van der Waals surface area contributed by atoms with Crippen molar-refractivity contribution < 1.29 is 9.90 Å². The molecule has 0 saturated carbocycles. The molecule has 152 valence electrons. The van der Waals surface area contributed by atoms with Crippen molar-refractivity contribution in [1.29, 1.82) is 0 Å². The summed E-state index contributed by atoms with van der Waals surface area (Å²) in [5.41, 5.74) is 2.48. The maximum absolute atomic E-state index is 13.2. The van der Waals surface area contributed by atoms with Gasteiger partial charge >= 0.3 is 0 Å². The highest BCUT2D eigenvalue weighted by molar-refractivity contribution is 6.07. The van der Waals surface area contributed by atoms with E-state index in [-0.39, 0.29) is 12.5 Å². The number of fused-ring (bicyclic) bond motifs is 1. The van der Waals surface area contributed by atoms with Gasteiger partial charge in [0.1, 0.15) is 5.69 Å². The molecule has 6 nitrogen and oxygen atoms in total. The van der Waals surface area contributed by atoms with Crippen LogP contribution in [0, 0.1) is 5.92 Å². The number of aliphatic hydroxyl groups excluding tert-OH is 1. The normalized spacial score (nSPS) is 15.0. The van der Waals surface area contributed by atoms with Gasteiger partial charge in [0.25, 0.3) is 5.91 Å². The molecule has 0 aliphatic carbocycles. The van der Waals surface area contributed by atoms with Gasteiger partial charge in [0.2, 0.25) is 0 Å². The van der Waals surface area contributed by atoms with Gasteiger partial charge in [0.05, 0.1) is 5.69 Å². The lowest BCUT2D eigenvalue weighted by atomic mass is 9.98. The van der Waals surface area contributed by atoms with Gasteiger partial charge in [-0.1, -0.05) is 25.1 Å². The second-order valence-electron chi connectivity index (χ2n) is 7.68. The summed E-state index contributed by atoms with van der Waals surface area (Å²) >= 11 is 0. The topological polar surface area (TPSA) is 70.4 Å². The summed E-state index contributed by atoms with van der Waals surface area (Å²) in [7, 11) is 0. The molecule has 1 amide bonds. The largest absolute Gasteiger partial charge is 0.396 e. The van der Waals surface area contributed by atoms with Crippen molar-refractivity contribution in [3.63, 3.8) is 0 Å². The second kappa shape index (κ2) is 8.66. The number of para-hydroxylation sites is 1. The van der Waals surface area contributed by atoms with Crippen LogP contribution in [-0.2, 0) is 6.54 Å². The van der Waals surface area contributed by atoms with E-state index in [1.165, 1.54) is 0 Å². The minimum atomic E-state index is -0.117. The molecule has 6 heteroatoms. The van der Waals surface area contributed by atoms with Crippen molar-refractivity contribution in [3.05, 3.63) is 54.4 Å². The number of hydrogen-bond acceptors (Lipinski definition) is 4. The van der Waals surface area contributed by atoms with Crippen molar-refractivity contribution >= 4 is 28.3 Å². The number of nitrogens with one attached hydrogen (secondary N) is 1. The molecule has 0 atom stereocenters. The van der Waals surface area contributed by atoms with E-state index in [1.54, 1.807) is 6.20 Å². The average Bonchev–Trinajstić information content (AvgIpc) is 3.13. The number of aryl methyl sites for hydroxylation is 1. The van der Waals surface area contributed by atoms with E-state index >= 15 is 0 Å². The lowest BCUT2D eigenvalue weighted by molar-refractivity contribution is 0.101. The van der Waals surface area contributed by atoms with Crippen molar-refractivity contribution in [2.45, 2.75) is 32.7 Å². The van der Waals surface area contributed by atoms with E-state index in [9.17, 15) is 9.90 Å². The molecule has 0 radical (unpaired) electrons. The third-order valence-corrected chi connectivity index (χ3v) is 5.70. The lowest BCUT2D eigenvalue weighted by Gasteiger charge is -2.33. The summed E-state index contributed by atoms with van der Waals surface area (Å²) in [6, 6.07) is 13.8. The molecule has 0 bridgehead atoms. The molecule has 1 aliphatic heterocycles. The van der Waals surface area contributed by atoms with Gasteiger partial charge in [-0.2, -0.15) is 0 Å². The van der Waals surface area contributed by atoms with Crippen molar-refractivity contribution in [1.82, 2.24) is 9.55 Å². The van der Waals surface area contributed by atoms with Gasteiger partial charge < -0.3 is 19.9 Å². The third kappa shape index (κ3) is 3.98. The molecule has 0 spiro atoms. The van der Waals surface area contributed by atoms with E-state index in [1.807, 2.05) is 36.4 Å². The van der Waals surface area contributed by atoms with Crippen LogP contribution in [0.2, 0.25) is 0 Å². The number of piperidine rings is 1. The van der Waals surface area contributed by atoms with Gasteiger partial charge in [-0.25, -0.2) is 4.98 Å². The van der Waals surface area contributed by atoms with Gasteiger partial charge in [-0.15, -0.1) is 0 Å². The fourth-order valence-corrected chi connectivity index (χ4v) is 4.12. The number of carbonyl (C=O) groups is 1. The molecule has 4 rings (SSSR count). The highest BCUT2D eigenvalue weighted by Gasteiger charge is 2.23. The van der Waals surface area contributed by atoms with Gasteiger partial charge in [0.15, 0.2) is 5.82 Å². The Morgan fingerprint density at radius 2 is 2.00 bits per heavy atom. The van der Waals surface area contributed by atoms with Crippen LogP contribution in [0.1, 0.15) is 36.7 Å². The number of pyridine rings is 1. The van der Waals surface area contributed by atoms with Crippen LogP contribution < -0.4 is 10.2 Å². The SMILES string of the molecule is CCCn1c(C(=O)Nc2cccnc2N2CCC(CO)CC2)cc2ccccc21. The van der Waals surface area contributed by atoms with Crippen LogP contribution in [0.5, 0.6) is 0 Å². The number of hydrogen-bond donors (Lipinski definition) is 2. The van der Waals surface area contributed by atoms with Crippen LogP contribution in [0.3, 0.4) is 0 Å². The Hall–Kier alpha value is -2.86. The number of aromatic nitrogens is 2. The minimum Gasteiger partial charge on any atom is -0.396 e. The summed E-state index contributed by atoms with van der Waals surface area (Å²) in [6.45, 7) is 4.82. The van der Waals surface area contributed by atoms with Crippen molar-refractivity contribution in [3.8, 4) is 0 Å². The zero-order valence-corrected chi connectivity index (χ0v) is 16.8. The molecule has 2 N–H and O–H groups in total. The number of aliphatic hydroxyl groups is 1. The number of rotatable bonds is 6. The van der Waals surface area contributed by atoms with E-state index in [2.05, 4.69) is 32.8 Å². The molecule has 3 heterocycles. The number of anilines is 2. The quantitative estimate of drug-likeness (QED) is 0.667. The summed E-state index contributed by atoms with van der Waals surface area (Å²) in [5.74, 6) is 1.04. The van der Waals surface area contributed by atoms with Crippen LogP contribution in [0.15, 0.2) is 48.7 Å². The van der Waals surface area contributed by atoms with Gasteiger partial charge in [-0.05, 0) is 49.4 Å². The fourth-order valence-electron chi connectivity index (χ4n) is 4.12. The molecular weight excluding hydrogens is 364 g/mol. The first-order valence-corrected chi connectivity index (χ1v) is 10.4. The maximum Gasteiger partial charge on any atom is 0.272 e. The first-order chi connectivity index (χ1) is 14.2. The highest BCUT2D eigenvalue weighted by Crippen LogP contribution is 2.28. The zero-order chi connectivity index (χ0) is 20.2. The zero-order valence-electron chi connectivity index (χ0n) is 16.8. The molecule has 1 aromatic carbocycles. The highest BCUT2D eigenvalue weighted by atomic mass is 16.3. The van der Waals surface area contributed by atoms with Crippen LogP contribution in [-0.4, -0.2) is 40.3 Å². The van der Waals surface area contributed by atoms with Gasteiger partial charge in [0, 0.05) is 43.3 Å².